The van der Waals surface area contributed by atoms with Crippen molar-refractivity contribution in [2.45, 2.75) is 31.3 Å². The Morgan fingerprint density at radius 3 is 2.50 bits per heavy atom. The number of benzene rings is 1. The Labute approximate surface area is 193 Å². The molecule has 2 fully saturated rings. The van der Waals surface area contributed by atoms with Gasteiger partial charge in [-0.25, -0.2) is 4.79 Å². The number of aromatic nitrogens is 1. The minimum Gasteiger partial charge on any atom is -0.322 e. The third-order valence-electron chi connectivity index (χ3n) is 5.73. The predicted molar refractivity (Wildman–Crippen MR) is 121 cm³/mol. The van der Waals surface area contributed by atoms with E-state index in [0.29, 0.717) is 11.4 Å². The van der Waals surface area contributed by atoms with Crippen LogP contribution in [0.3, 0.4) is 0 Å². The standard InChI is InChI=1S/C21H23ClN4O2.2ClH/c22-18-6-2-1-5-16(18)12-21(17-7-10-23-11-8-17)19(27)26(20(28)25-21)14-15-4-3-9-24-13-15;;/h1-6,9,13,17,23H,7-8,10-12,14H2,(H,25,28);2*1H. The largest absolute Gasteiger partial charge is 0.325 e. The van der Waals surface area contributed by atoms with Crippen LogP contribution in [0, 0.1) is 5.92 Å². The molecular formula is C21H25Cl3N4O2. The minimum atomic E-state index is -0.966. The van der Waals surface area contributed by atoms with E-state index in [2.05, 4.69) is 15.6 Å². The van der Waals surface area contributed by atoms with E-state index in [4.69, 9.17) is 11.6 Å². The molecular weight excluding hydrogens is 447 g/mol. The summed E-state index contributed by atoms with van der Waals surface area (Å²) in [6.07, 6.45) is 5.41. The summed E-state index contributed by atoms with van der Waals surface area (Å²) in [6, 6.07) is 10.8. The Hall–Kier alpha value is -1.86. The van der Waals surface area contributed by atoms with Gasteiger partial charge < -0.3 is 10.6 Å². The monoisotopic (exact) mass is 470 g/mol. The van der Waals surface area contributed by atoms with Crippen molar-refractivity contribution in [1.29, 1.82) is 0 Å². The van der Waals surface area contributed by atoms with E-state index in [9.17, 15) is 9.59 Å². The number of amides is 3. The van der Waals surface area contributed by atoms with Crippen LogP contribution in [0.15, 0.2) is 48.8 Å². The smallest absolute Gasteiger partial charge is 0.322 e. The van der Waals surface area contributed by atoms with Gasteiger partial charge in [-0.1, -0.05) is 35.9 Å². The Bertz CT molecular complexity index is 878. The lowest BCUT2D eigenvalue weighted by molar-refractivity contribution is -0.134. The Balaban J connectivity index is 0.00000160. The fourth-order valence-electron chi connectivity index (χ4n) is 4.26. The van der Waals surface area contributed by atoms with Crippen molar-refractivity contribution in [3.8, 4) is 0 Å². The molecule has 4 rings (SSSR count). The number of hydrogen-bond donors (Lipinski definition) is 2. The highest BCUT2D eigenvalue weighted by Crippen LogP contribution is 2.37. The molecule has 3 amide bonds. The van der Waals surface area contributed by atoms with Crippen LogP contribution in [0.1, 0.15) is 24.0 Å². The molecule has 1 aromatic carbocycles. The van der Waals surface area contributed by atoms with Crippen LogP contribution in [-0.4, -0.2) is 40.5 Å². The summed E-state index contributed by atoms with van der Waals surface area (Å²) in [4.78, 5) is 31.9. The van der Waals surface area contributed by atoms with Crippen molar-refractivity contribution in [2.24, 2.45) is 5.92 Å². The van der Waals surface area contributed by atoms with Gasteiger partial charge in [0.25, 0.3) is 5.91 Å². The van der Waals surface area contributed by atoms with Crippen LogP contribution in [0.5, 0.6) is 0 Å². The number of hydrogen-bond acceptors (Lipinski definition) is 4. The molecule has 9 heteroatoms. The number of nitrogens with one attached hydrogen (secondary N) is 2. The molecule has 0 bridgehead atoms. The molecule has 2 aliphatic rings. The summed E-state index contributed by atoms with van der Waals surface area (Å²) >= 11 is 6.40. The number of carbonyl (C=O) groups is 2. The van der Waals surface area contributed by atoms with Crippen LogP contribution in [-0.2, 0) is 17.8 Å². The molecule has 6 nitrogen and oxygen atoms in total. The van der Waals surface area contributed by atoms with E-state index in [-0.39, 0.29) is 49.2 Å². The number of halogens is 3. The van der Waals surface area contributed by atoms with Gasteiger partial charge in [-0.05, 0) is 55.1 Å². The van der Waals surface area contributed by atoms with Crippen LogP contribution < -0.4 is 10.6 Å². The average molecular weight is 472 g/mol. The Kier molecular flexibility index (Phi) is 8.50. The molecule has 1 aromatic heterocycles. The zero-order valence-electron chi connectivity index (χ0n) is 16.3. The third-order valence-corrected chi connectivity index (χ3v) is 6.10. The SMILES string of the molecule is Cl.Cl.O=C1NC(Cc2ccccc2Cl)(C2CCNCC2)C(=O)N1Cc1cccnc1. The van der Waals surface area contributed by atoms with Crippen LogP contribution in [0.4, 0.5) is 4.79 Å². The van der Waals surface area contributed by atoms with E-state index in [0.717, 1.165) is 37.1 Å². The first-order chi connectivity index (χ1) is 13.6. The van der Waals surface area contributed by atoms with Gasteiger partial charge >= 0.3 is 6.03 Å². The number of carbonyl (C=O) groups excluding carboxylic acids is 2. The molecule has 2 N–H and O–H groups in total. The first-order valence-electron chi connectivity index (χ1n) is 9.57. The summed E-state index contributed by atoms with van der Waals surface area (Å²) in [6.45, 7) is 1.88. The molecule has 0 spiro atoms. The van der Waals surface area contributed by atoms with Gasteiger partial charge in [-0.15, -0.1) is 24.8 Å². The second kappa shape index (κ2) is 10.4. The first kappa shape index (κ1) is 24.4. The molecule has 162 valence electrons. The maximum absolute atomic E-state index is 13.6. The van der Waals surface area contributed by atoms with Crippen molar-refractivity contribution in [1.82, 2.24) is 20.5 Å². The Morgan fingerprint density at radius 2 is 1.83 bits per heavy atom. The summed E-state index contributed by atoms with van der Waals surface area (Å²) in [5.74, 6) is -0.117. The lowest BCUT2D eigenvalue weighted by atomic mass is 9.74. The minimum absolute atomic E-state index is 0. The van der Waals surface area contributed by atoms with Gasteiger partial charge in [-0.2, -0.15) is 0 Å². The Morgan fingerprint density at radius 1 is 1.10 bits per heavy atom. The molecule has 2 aromatic rings. The van der Waals surface area contributed by atoms with Crippen LogP contribution in [0.2, 0.25) is 5.02 Å². The molecule has 0 radical (unpaired) electrons. The van der Waals surface area contributed by atoms with E-state index >= 15 is 0 Å². The van der Waals surface area contributed by atoms with Crippen molar-refractivity contribution in [2.75, 3.05) is 13.1 Å². The fourth-order valence-corrected chi connectivity index (χ4v) is 4.46. The van der Waals surface area contributed by atoms with E-state index in [1.165, 1.54) is 4.90 Å². The van der Waals surface area contributed by atoms with Gasteiger partial charge in [0.2, 0.25) is 0 Å². The highest BCUT2D eigenvalue weighted by molar-refractivity contribution is 6.31. The summed E-state index contributed by atoms with van der Waals surface area (Å²) in [7, 11) is 0. The van der Waals surface area contributed by atoms with Gasteiger partial charge in [0.05, 0.1) is 6.54 Å². The van der Waals surface area contributed by atoms with Crippen LogP contribution >= 0.6 is 36.4 Å². The average Bonchev–Trinajstić information content (AvgIpc) is 2.96. The van der Waals surface area contributed by atoms with E-state index < -0.39 is 5.54 Å². The third kappa shape index (κ3) is 4.72. The lowest BCUT2D eigenvalue weighted by Crippen LogP contribution is -2.57. The highest BCUT2D eigenvalue weighted by Gasteiger charge is 2.55. The molecule has 2 saturated heterocycles. The van der Waals surface area contributed by atoms with E-state index in [1.54, 1.807) is 18.5 Å². The number of piperidine rings is 1. The number of urea groups is 1. The zero-order chi connectivity index (χ0) is 19.6. The molecule has 1 unspecified atom stereocenters. The fraction of sp³-hybridized carbons (Fsp3) is 0.381. The van der Waals surface area contributed by atoms with Gasteiger partial charge in [-0.3, -0.25) is 14.7 Å². The van der Waals surface area contributed by atoms with Crippen molar-refractivity contribution in [3.63, 3.8) is 0 Å². The van der Waals surface area contributed by atoms with Crippen molar-refractivity contribution in [3.05, 3.63) is 64.9 Å². The second-order valence-corrected chi connectivity index (χ2v) is 7.85. The van der Waals surface area contributed by atoms with Crippen LogP contribution in [0.25, 0.3) is 0 Å². The second-order valence-electron chi connectivity index (χ2n) is 7.45. The van der Waals surface area contributed by atoms with Crippen molar-refractivity contribution < 1.29 is 9.59 Å². The van der Waals surface area contributed by atoms with Gasteiger partial charge in [0.1, 0.15) is 5.54 Å². The number of pyridine rings is 1. The zero-order valence-corrected chi connectivity index (χ0v) is 18.7. The highest BCUT2D eigenvalue weighted by atomic mass is 35.5. The van der Waals surface area contributed by atoms with E-state index in [1.807, 2.05) is 30.3 Å². The quantitative estimate of drug-likeness (QED) is 0.653. The summed E-state index contributed by atoms with van der Waals surface area (Å²) in [5.41, 5.74) is 0.733. The van der Waals surface area contributed by atoms with Gasteiger partial charge in [0.15, 0.2) is 0 Å². The molecule has 0 aliphatic carbocycles. The number of imide groups is 1. The number of rotatable bonds is 5. The summed E-state index contributed by atoms with van der Waals surface area (Å²) in [5, 5.41) is 7.01. The lowest BCUT2D eigenvalue weighted by Gasteiger charge is -2.38. The maximum Gasteiger partial charge on any atom is 0.325 e. The summed E-state index contributed by atoms with van der Waals surface area (Å²) < 4.78 is 0. The molecule has 0 saturated carbocycles. The molecule has 30 heavy (non-hydrogen) atoms. The van der Waals surface area contributed by atoms with Gasteiger partial charge in [0, 0.05) is 23.8 Å². The molecule has 3 heterocycles. The van der Waals surface area contributed by atoms with Crippen molar-refractivity contribution >= 4 is 48.4 Å². The normalized spacial score (nSPS) is 21.6. The first-order valence-corrected chi connectivity index (χ1v) is 9.95. The molecule has 2 aliphatic heterocycles. The maximum atomic E-state index is 13.6. The topological polar surface area (TPSA) is 74.3 Å². The molecule has 1 atom stereocenters. The predicted octanol–water partition coefficient (Wildman–Crippen LogP) is 3.61. The number of nitrogens with zero attached hydrogens (tertiary/aromatic N) is 2.